The molecule has 0 aromatic heterocycles. The van der Waals surface area contributed by atoms with E-state index >= 15 is 0 Å². The van der Waals surface area contributed by atoms with Gasteiger partial charge in [0.05, 0.1) is 0 Å². The van der Waals surface area contributed by atoms with Crippen molar-refractivity contribution in [2.24, 2.45) is 0 Å². The molecule has 0 radical (unpaired) electrons. The first-order valence-electron chi connectivity index (χ1n) is 6.54. The maximum Gasteiger partial charge on any atom is 0.256 e. The number of rotatable bonds is 5. The maximum atomic E-state index is 12.2. The first-order chi connectivity index (χ1) is 10.4. The molecule has 2 aromatic carbocycles. The minimum Gasteiger partial charge on any atom is -0.379 e. The van der Waals surface area contributed by atoms with Crippen LogP contribution in [0.15, 0.2) is 53.4 Å². The number of aliphatic hydroxyl groups is 1. The van der Waals surface area contributed by atoms with Gasteiger partial charge >= 0.3 is 0 Å². The molecule has 0 heterocycles. The third kappa shape index (κ3) is 4.92. The van der Waals surface area contributed by atoms with Crippen molar-refractivity contribution in [2.45, 2.75) is 17.4 Å². The van der Waals surface area contributed by atoms with E-state index in [1.165, 1.54) is 18.7 Å². The summed E-state index contributed by atoms with van der Waals surface area (Å²) in [4.78, 5) is 13.1. The van der Waals surface area contributed by atoms with Gasteiger partial charge in [-0.2, -0.15) is 0 Å². The number of hydrogen-bond acceptors (Lipinski definition) is 3. The van der Waals surface area contributed by atoms with Crippen molar-refractivity contribution >= 4 is 46.6 Å². The molecule has 2 aromatic rings. The van der Waals surface area contributed by atoms with Crippen molar-refractivity contribution in [3.8, 4) is 0 Å². The summed E-state index contributed by atoms with van der Waals surface area (Å²) in [5, 5.41) is 14.2. The molecule has 22 heavy (non-hydrogen) atoms. The summed E-state index contributed by atoms with van der Waals surface area (Å²) in [5.74, 6) is -0.232. The standard InChI is InChI=1S/C16H15Cl2NO2S/c1-16(21,10-22-14-8-4-12(18)5-9-14)15(20)19-13-6-2-11(17)3-7-13/h2-9,21H,10H2,1H3,(H,19,20)/t16-/m0/s1. The van der Waals surface area contributed by atoms with Crippen molar-refractivity contribution in [3.05, 3.63) is 58.6 Å². The summed E-state index contributed by atoms with van der Waals surface area (Å²) >= 11 is 13.0. The lowest BCUT2D eigenvalue weighted by Gasteiger charge is -2.22. The van der Waals surface area contributed by atoms with Gasteiger partial charge in [-0.15, -0.1) is 11.8 Å². The van der Waals surface area contributed by atoms with Crippen LogP contribution in [-0.4, -0.2) is 22.4 Å². The highest BCUT2D eigenvalue weighted by Crippen LogP contribution is 2.25. The third-order valence-electron chi connectivity index (χ3n) is 2.92. The van der Waals surface area contributed by atoms with Crippen LogP contribution in [-0.2, 0) is 4.79 Å². The Balaban J connectivity index is 1.95. The normalized spacial score (nSPS) is 13.5. The van der Waals surface area contributed by atoms with Gasteiger partial charge in [-0.05, 0) is 55.5 Å². The van der Waals surface area contributed by atoms with Crippen LogP contribution in [0, 0.1) is 0 Å². The number of carbonyl (C=O) groups excluding carboxylic acids is 1. The molecular weight excluding hydrogens is 341 g/mol. The summed E-state index contributed by atoms with van der Waals surface area (Å²) in [6.07, 6.45) is 0. The minimum atomic E-state index is -1.50. The second-order valence-corrected chi connectivity index (χ2v) is 6.90. The van der Waals surface area contributed by atoms with E-state index < -0.39 is 11.5 Å². The van der Waals surface area contributed by atoms with Crippen molar-refractivity contribution in [3.63, 3.8) is 0 Å². The summed E-state index contributed by atoms with van der Waals surface area (Å²) in [6, 6.07) is 14.0. The molecule has 2 rings (SSSR count). The quantitative estimate of drug-likeness (QED) is 0.777. The van der Waals surface area contributed by atoms with Crippen molar-refractivity contribution < 1.29 is 9.90 Å². The number of benzene rings is 2. The molecule has 0 saturated carbocycles. The Morgan fingerprint density at radius 3 is 2.14 bits per heavy atom. The monoisotopic (exact) mass is 355 g/mol. The maximum absolute atomic E-state index is 12.2. The van der Waals surface area contributed by atoms with Gasteiger partial charge in [0.2, 0.25) is 0 Å². The largest absolute Gasteiger partial charge is 0.379 e. The average molecular weight is 356 g/mol. The van der Waals surface area contributed by atoms with Crippen LogP contribution in [0.5, 0.6) is 0 Å². The van der Waals surface area contributed by atoms with Crippen LogP contribution < -0.4 is 5.32 Å². The number of nitrogens with one attached hydrogen (secondary N) is 1. The predicted octanol–water partition coefficient (Wildman–Crippen LogP) is 4.48. The molecule has 2 N–H and O–H groups in total. The fourth-order valence-corrected chi connectivity index (χ4v) is 2.78. The van der Waals surface area contributed by atoms with Gasteiger partial charge < -0.3 is 10.4 Å². The van der Waals surface area contributed by atoms with Crippen LogP contribution in [0.1, 0.15) is 6.92 Å². The molecule has 0 saturated heterocycles. The Morgan fingerprint density at radius 1 is 1.09 bits per heavy atom. The molecule has 0 aliphatic carbocycles. The van der Waals surface area contributed by atoms with E-state index in [1.807, 2.05) is 12.1 Å². The van der Waals surface area contributed by atoms with Crippen LogP contribution in [0.4, 0.5) is 5.69 Å². The highest BCUT2D eigenvalue weighted by molar-refractivity contribution is 7.99. The molecular formula is C16H15Cl2NO2S. The number of thioether (sulfide) groups is 1. The summed E-state index contributed by atoms with van der Waals surface area (Å²) in [7, 11) is 0. The number of anilines is 1. The van der Waals surface area contributed by atoms with Gasteiger partial charge in [-0.3, -0.25) is 4.79 Å². The number of carbonyl (C=O) groups is 1. The zero-order valence-electron chi connectivity index (χ0n) is 11.8. The van der Waals surface area contributed by atoms with E-state index in [0.717, 1.165) is 4.90 Å². The zero-order chi connectivity index (χ0) is 16.2. The fourth-order valence-electron chi connectivity index (χ4n) is 1.62. The van der Waals surface area contributed by atoms with Crippen LogP contribution in [0.3, 0.4) is 0 Å². The molecule has 0 aliphatic rings. The Morgan fingerprint density at radius 2 is 1.59 bits per heavy atom. The molecule has 0 aliphatic heterocycles. The van der Waals surface area contributed by atoms with E-state index in [0.29, 0.717) is 15.7 Å². The molecule has 6 heteroatoms. The molecule has 0 spiro atoms. The van der Waals surface area contributed by atoms with Gasteiger partial charge in [0.1, 0.15) is 5.60 Å². The summed E-state index contributed by atoms with van der Waals surface area (Å²) < 4.78 is 0. The minimum absolute atomic E-state index is 0.230. The van der Waals surface area contributed by atoms with Crippen LogP contribution >= 0.6 is 35.0 Å². The van der Waals surface area contributed by atoms with Gasteiger partial charge in [0.15, 0.2) is 0 Å². The average Bonchev–Trinajstić information content (AvgIpc) is 2.49. The predicted molar refractivity (Wildman–Crippen MR) is 92.9 cm³/mol. The summed E-state index contributed by atoms with van der Waals surface area (Å²) in [6.45, 7) is 1.49. The highest BCUT2D eigenvalue weighted by atomic mass is 35.5. The third-order valence-corrected chi connectivity index (χ3v) is 4.74. The Bertz CT molecular complexity index is 642. The topological polar surface area (TPSA) is 49.3 Å². The van der Waals surface area contributed by atoms with Gasteiger partial charge in [-0.25, -0.2) is 0 Å². The Hall–Kier alpha value is -1.20. The van der Waals surface area contributed by atoms with Crippen molar-refractivity contribution in [1.29, 1.82) is 0 Å². The van der Waals surface area contributed by atoms with E-state index in [-0.39, 0.29) is 5.75 Å². The molecule has 1 amide bonds. The molecule has 116 valence electrons. The zero-order valence-corrected chi connectivity index (χ0v) is 14.2. The second-order valence-electron chi connectivity index (χ2n) is 4.98. The lowest BCUT2D eigenvalue weighted by molar-refractivity contribution is -0.130. The van der Waals surface area contributed by atoms with Gasteiger partial charge in [-0.1, -0.05) is 23.2 Å². The SMILES string of the molecule is C[C@](O)(CSc1ccc(Cl)cc1)C(=O)Nc1ccc(Cl)cc1. The number of amides is 1. The fraction of sp³-hybridized carbons (Fsp3) is 0.188. The van der Waals surface area contributed by atoms with E-state index in [2.05, 4.69) is 5.32 Å². The summed E-state index contributed by atoms with van der Waals surface area (Å²) in [5.41, 5.74) is -0.907. The molecule has 1 atom stereocenters. The lowest BCUT2D eigenvalue weighted by Crippen LogP contribution is -2.42. The number of halogens is 2. The Labute approximate surface area is 143 Å². The number of hydrogen-bond donors (Lipinski definition) is 2. The van der Waals surface area contributed by atoms with Crippen LogP contribution in [0.25, 0.3) is 0 Å². The van der Waals surface area contributed by atoms with Gasteiger partial charge in [0.25, 0.3) is 5.91 Å². The smallest absolute Gasteiger partial charge is 0.256 e. The van der Waals surface area contributed by atoms with Crippen molar-refractivity contribution in [1.82, 2.24) is 0 Å². The van der Waals surface area contributed by atoms with E-state index in [9.17, 15) is 9.90 Å². The molecule has 3 nitrogen and oxygen atoms in total. The van der Waals surface area contributed by atoms with E-state index in [1.54, 1.807) is 36.4 Å². The highest BCUT2D eigenvalue weighted by Gasteiger charge is 2.30. The lowest BCUT2D eigenvalue weighted by atomic mass is 10.1. The molecule has 0 bridgehead atoms. The molecule has 0 unspecified atom stereocenters. The van der Waals surface area contributed by atoms with E-state index in [4.69, 9.17) is 23.2 Å². The molecule has 0 fully saturated rings. The van der Waals surface area contributed by atoms with Crippen molar-refractivity contribution in [2.75, 3.05) is 11.1 Å². The Kier molecular flexibility index (Phi) is 5.75. The second kappa shape index (κ2) is 7.38. The first-order valence-corrected chi connectivity index (χ1v) is 8.29. The first kappa shape index (κ1) is 17.2. The van der Waals surface area contributed by atoms with Crippen LogP contribution in [0.2, 0.25) is 10.0 Å². The van der Waals surface area contributed by atoms with Gasteiger partial charge in [0, 0.05) is 26.4 Å².